The standard InChI is InChI=1S/C6H12NO3.C3H3F3I.Si/c8-4-1-7(2-5-9)3-6-10;4-3(5,6)1-2-7;/h1-6H2;2H,1H2;/q-3;-1;+4. The number of halogens is 4. The van der Waals surface area contributed by atoms with Gasteiger partial charge in [0.25, 0.3) is 0 Å². The molecule has 0 rings (SSSR count). The number of alkyl halides is 3. The van der Waals surface area contributed by atoms with Gasteiger partial charge in [-0.05, 0) is 19.6 Å². The molecule has 0 aromatic rings. The second-order valence-electron chi connectivity index (χ2n) is 2.93. The van der Waals surface area contributed by atoms with Crippen molar-refractivity contribution >= 4 is 33.6 Å². The van der Waals surface area contributed by atoms with Gasteiger partial charge in [0.15, 0.2) is 0 Å². The van der Waals surface area contributed by atoms with Crippen molar-refractivity contribution in [1.29, 1.82) is 0 Å². The topological polar surface area (TPSA) is 72.4 Å². The summed E-state index contributed by atoms with van der Waals surface area (Å²) in [5, 5.41) is 30.1. The third kappa shape index (κ3) is 21.8. The van der Waals surface area contributed by atoms with Crippen LogP contribution in [-0.4, -0.2) is 61.5 Å². The van der Waals surface area contributed by atoms with Gasteiger partial charge in [-0.2, -0.15) is 13.2 Å². The first-order valence-electron chi connectivity index (χ1n) is 4.86. The molecule has 0 saturated heterocycles. The normalized spacial score (nSPS) is 10.7. The molecule has 0 atom stereocenters. The van der Waals surface area contributed by atoms with Gasteiger partial charge in [-0.25, -0.2) is 0 Å². The van der Waals surface area contributed by atoms with E-state index in [-0.39, 0.29) is 30.8 Å². The summed E-state index contributed by atoms with van der Waals surface area (Å²) in [4.78, 5) is 1.60. The predicted octanol–water partition coefficient (Wildman–Crippen LogP) is -1.48. The van der Waals surface area contributed by atoms with E-state index >= 15 is 0 Å². The van der Waals surface area contributed by atoms with Gasteiger partial charge in [0, 0.05) is 0 Å². The Kier molecular flexibility index (Phi) is 20.5. The van der Waals surface area contributed by atoms with Crippen LogP contribution >= 0.6 is 22.6 Å². The third-order valence-corrected chi connectivity index (χ3v) is 1.97. The van der Waals surface area contributed by atoms with E-state index in [1.165, 1.54) is 0 Å². The van der Waals surface area contributed by atoms with E-state index in [0.29, 0.717) is 19.6 Å². The number of nitrogens with zero attached hydrogens (tertiary/aromatic N) is 1. The zero-order valence-electron chi connectivity index (χ0n) is 9.71. The van der Waals surface area contributed by atoms with E-state index < -0.39 is 12.6 Å². The van der Waals surface area contributed by atoms with Crippen LogP contribution in [0.3, 0.4) is 0 Å². The average molecular weight is 397 g/mol. The zero-order chi connectivity index (χ0) is 13.7. The Balaban J connectivity index is -0.000000251. The first kappa shape index (κ1) is 23.7. The molecule has 0 aliphatic carbocycles. The molecule has 18 heavy (non-hydrogen) atoms. The van der Waals surface area contributed by atoms with Crippen molar-refractivity contribution in [3.8, 4) is 0 Å². The summed E-state index contributed by atoms with van der Waals surface area (Å²) >= 11 is 1.57. The van der Waals surface area contributed by atoms with Crippen LogP contribution in [0.15, 0.2) is 0 Å². The Morgan fingerprint density at radius 1 is 0.944 bits per heavy atom. The minimum Gasteiger partial charge on any atom is -0.854 e. The van der Waals surface area contributed by atoms with Crippen molar-refractivity contribution in [2.75, 3.05) is 39.5 Å². The molecule has 0 saturated carbocycles. The van der Waals surface area contributed by atoms with Crippen molar-refractivity contribution in [3.63, 3.8) is 0 Å². The molecule has 0 bridgehead atoms. The van der Waals surface area contributed by atoms with Gasteiger partial charge < -0.3 is 42.8 Å². The largest absolute Gasteiger partial charge is 4.00 e. The average Bonchev–Trinajstić information content (AvgIpc) is 2.18. The van der Waals surface area contributed by atoms with Gasteiger partial charge in [-0.3, -0.25) is 4.43 Å². The minimum atomic E-state index is -4.01. The smallest absolute Gasteiger partial charge is 0.854 e. The van der Waals surface area contributed by atoms with Crippen molar-refractivity contribution in [1.82, 2.24) is 4.90 Å². The Morgan fingerprint density at radius 2 is 1.28 bits per heavy atom. The molecule has 0 aromatic heterocycles. The maximum absolute atomic E-state index is 11.0. The van der Waals surface area contributed by atoms with E-state index in [1.807, 2.05) is 0 Å². The maximum atomic E-state index is 11.0. The Morgan fingerprint density at radius 3 is 1.39 bits per heavy atom. The van der Waals surface area contributed by atoms with Gasteiger partial charge in [0.2, 0.25) is 0 Å². The number of rotatable bonds is 7. The summed E-state index contributed by atoms with van der Waals surface area (Å²) in [6, 6.07) is 0. The van der Waals surface area contributed by atoms with Crippen LogP contribution in [0.1, 0.15) is 6.42 Å². The summed E-state index contributed by atoms with van der Waals surface area (Å²) in [5.74, 6) is 0. The van der Waals surface area contributed by atoms with E-state index in [2.05, 4.69) is 0 Å². The molecule has 106 valence electrons. The van der Waals surface area contributed by atoms with Gasteiger partial charge in [0.05, 0.1) is 0 Å². The van der Waals surface area contributed by atoms with Crippen molar-refractivity contribution < 1.29 is 28.5 Å². The van der Waals surface area contributed by atoms with Gasteiger partial charge in [-0.15, -0.1) is 19.8 Å². The van der Waals surface area contributed by atoms with Crippen molar-refractivity contribution in [2.24, 2.45) is 0 Å². The molecule has 0 unspecified atom stereocenters. The first-order chi connectivity index (χ1) is 7.91. The van der Waals surface area contributed by atoms with Gasteiger partial charge in [-0.1, -0.05) is 6.42 Å². The maximum Gasteiger partial charge on any atom is 4.00 e. The summed E-state index contributed by atoms with van der Waals surface area (Å²) in [5.41, 5.74) is 0. The Hall–Kier alpha value is 0.577. The van der Waals surface area contributed by atoms with Crippen molar-refractivity contribution in [2.45, 2.75) is 12.6 Å². The molecule has 0 aliphatic rings. The van der Waals surface area contributed by atoms with Crippen LogP contribution in [-0.2, 0) is 0 Å². The van der Waals surface area contributed by atoms with Crippen molar-refractivity contribution in [3.05, 3.63) is 4.43 Å². The fourth-order valence-corrected chi connectivity index (χ4v) is 1.31. The van der Waals surface area contributed by atoms with Crippen LogP contribution in [0.2, 0.25) is 0 Å². The van der Waals surface area contributed by atoms with Crippen LogP contribution < -0.4 is 15.3 Å². The van der Waals surface area contributed by atoms with E-state index in [0.717, 1.165) is 4.43 Å². The molecule has 0 N–H and O–H groups in total. The second kappa shape index (κ2) is 15.6. The molecular weight excluding hydrogens is 382 g/mol. The molecule has 0 radical (unpaired) electrons. The first-order valence-corrected chi connectivity index (χ1v) is 6.11. The predicted molar refractivity (Wildman–Crippen MR) is 65.8 cm³/mol. The van der Waals surface area contributed by atoms with E-state index in [4.69, 9.17) is 0 Å². The summed E-state index contributed by atoms with van der Waals surface area (Å²) in [6.07, 6.45) is -4.81. The molecule has 0 aromatic carbocycles. The zero-order valence-corrected chi connectivity index (χ0v) is 12.9. The number of hydrogen-bond donors (Lipinski definition) is 0. The van der Waals surface area contributed by atoms with E-state index in [9.17, 15) is 28.5 Å². The SMILES string of the molecule is FC(F)(F)C[CH-]I.[O-]CCN(CC[O-])CC[O-].[Si+4]. The van der Waals surface area contributed by atoms with Crippen LogP contribution in [0, 0.1) is 4.43 Å². The summed E-state index contributed by atoms with van der Waals surface area (Å²) in [6.45, 7) is 0.263. The quantitative estimate of drug-likeness (QED) is 0.299. The monoisotopic (exact) mass is 397 g/mol. The summed E-state index contributed by atoms with van der Waals surface area (Å²) < 4.78 is 34.1. The molecule has 0 aliphatic heterocycles. The third-order valence-electron chi connectivity index (χ3n) is 1.53. The summed E-state index contributed by atoms with van der Waals surface area (Å²) in [7, 11) is 0. The molecule has 0 heterocycles. The van der Waals surface area contributed by atoms with Gasteiger partial charge >= 0.3 is 17.1 Å². The fraction of sp³-hybridized carbons (Fsp3) is 0.889. The molecule has 4 nitrogen and oxygen atoms in total. The van der Waals surface area contributed by atoms with Crippen LogP contribution in [0.4, 0.5) is 13.2 Å². The molecule has 9 heteroatoms. The van der Waals surface area contributed by atoms with Gasteiger partial charge in [0.1, 0.15) is 0 Å². The van der Waals surface area contributed by atoms with Crippen LogP contribution in [0.25, 0.3) is 0 Å². The second-order valence-corrected chi connectivity index (χ2v) is 3.81. The Labute approximate surface area is 123 Å². The van der Waals surface area contributed by atoms with Crippen LogP contribution in [0.5, 0.6) is 0 Å². The molecule has 0 spiro atoms. The van der Waals surface area contributed by atoms with E-state index in [1.54, 1.807) is 27.5 Å². The Bertz CT molecular complexity index is 152. The minimum absolute atomic E-state index is 0. The molecule has 0 amide bonds. The number of hydrogen-bond acceptors (Lipinski definition) is 4. The molecular formula is C9H15F3INO3Si. The molecule has 0 fully saturated rings. The fourth-order valence-electron chi connectivity index (χ4n) is 0.810.